The number of carbonyl (C=O) groups excluding carboxylic acids is 1. The zero-order chi connectivity index (χ0) is 15.2. The molecular weight excluding hydrogens is 278 g/mol. The van der Waals surface area contributed by atoms with Crippen LogP contribution in [-0.2, 0) is 6.54 Å². The van der Waals surface area contributed by atoms with E-state index in [2.05, 4.69) is 25.8 Å². The highest BCUT2D eigenvalue weighted by Crippen LogP contribution is 2.22. The number of carboxylic acid groups (broad SMARTS) is 1. The summed E-state index contributed by atoms with van der Waals surface area (Å²) in [5.41, 5.74) is 0.0996. The Bertz CT molecular complexity index is 641. The Kier molecular flexibility index (Phi) is 4.34. The topological polar surface area (TPSA) is 129 Å². The number of aromatic carboxylic acids is 1. The van der Waals surface area contributed by atoms with E-state index in [0.717, 1.165) is 0 Å². The van der Waals surface area contributed by atoms with Gasteiger partial charge in [-0.15, -0.1) is 0 Å². The molecular formula is C12H13N5O4. The van der Waals surface area contributed by atoms with Crippen LogP contribution in [0, 0.1) is 0 Å². The second-order valence-electron chi connectivity index (χ2n) is 3.96. The number of nitrogens with one attached hydrogen (secondary N) is 3. The molecule has 0 fully saturated rings. The predicted octanol–water partition coefficient (Wildman–Crippen LogP) is 0.833. The number of aromatic amines is 1. The van der Waals surface area contributed by atoms with Crippen LogP contribution in [-0.4, -0.2) is 39.4 Å². The summed E-state index contributed by atoms with van der Waals surface area (Å²) in [6.45, 7) is 0.137. The number of carboxylic acids is 1. The van der Waals surface area contributed by atoms with E-state index in [4.69, 9.17) is 9.84 Å². The van der Waals surface area contributed by atoms with Crippen molar-refractivity contribution in [2.75, 3.05) is 12.4 Å². The highest BCUT2D eigenvalue weighted by Gasteiger charge is 2.13. The number of aromatic nitrogens is 3. The zero-order valence-electron chi connectivity index (χ0n) is 11.1. The van der Waals surface area contributed by atoms with E-state index in [1.807, 2.05) is 0 Å². The number of methoxy groups -OCH3 is 1. The molecule has 0 spiro atoms. The number of rotatable bonds is 5. The summed E-state index contributed by atoms with van der Waals surface area (Å²) in [5.74, 6) is -0.233. The smallest absolute Gasteiger partial charge is 0.337 e. The third-order valence-corrected chi connectivity index (χ3v) is 2.59. The Balaban J connectivity index is 2.06. The van der Waals surface area contributed by atoms with Crippen molar-refractivity contribution in [3.63, 3.8) is 0 Å². The van der Waals surface area contributed by atoms with Crippen molar-refractivity contribution >= 4 is 17.7 Å². The molecule has 2 aromatic rings. The third kappa shape index (κ3) is 3.69. The SMILES string of the molecule is COc1ccc(C(=O)O)c(NC(=O)NCc2ncn[nH]2)c1. The average molecular weight is 291 g/mol. The van der Waals surface area contributed by atoms with Gasteiger partial charge in [0.1, 0.15) is 17.9 Å². The number of amides is 2. The van der Waals surface area contributed by atoms with Crippen LogP contribution < -0.4 is 15.4 Å². The largest absolute Gasteiger partial charge is 0.497 e. The molecule has 0 aliphatic heterocycles. The lowest BCUT2D eigenvalue weighted by molar-refractivity contribution is 0.0698. The summed E-state index contributed by atoms with van der Waals surface area (Å²) >= 11 is 0. The van der Waals surface area contributed by atoms with E-state index in [0.29, 0.717) is 11.6 Å². The van der Waals surface area contributed by atoms with Gasteiger partial charge >= 0.3 is 12.0 Å². The van der Waals surface area contributed by atoms with Gasteiger partial charge in [-0.3, -0.25) is 5.10 Å². The van der Waals surface area contributed by atoms with Gasteiger partial charge in [-0.2, -0.15) is 5.10 Å². The minimum Gasteiger partial charge on any atom is -0.497 e. The van der Waals surface area contributed by atoms with Crippen molar-refractivity contribution in [1.82, 2.24) is 20.5 Å². The lowest BCUT2D eigenvalue weighted by Crippen LogP contribution is -2.29. The molecule has 0 unspecified atom stereocenters. The number of nitrogens with zero attached hydrogens (tertiary/aromatic N) is 2. The first-order valence-electron chi connectivity index (χ1n) is 5.90. The van der Waals surface area contributed by atoms with Gasteiger partial charge in [0.2, 0.25) is 0 Å². The first kappa shape index (κ1) is 14.3. The summed E-state index contributed by atoms with van der Waals surface area (Å²) < 4.78 is 5.00. The maximum absolute atomic E-state index is 11.8. The first-order chi connectivity index (χ1) is 10.1. The molecule has 9 nitrogen and oxygen atoms in total. The van der Waals surface area contributed by atoms with Gasteiger partial charge in [0, 0.05) is 6.07 Å². The van der Waals surface area contributed by atoms with Crippen LogP contribution in [0.1, 0.15) is 16.2 Å². The Labute approximate surface area is 119 Å². The van der Waals surface area contributed by atoms with Crippen molar-refractivity contribution in [2.24, 2.45) is 0 Å². The monoisotopic (exact) mass is 291 g/mol. The Morgan fingerprint density at radius 2 is 2.24 bits per heavy atom. The van der Waals surface area contributed by atoms with E-state index in [1.54, 1.807) is 0 Å². The van der Waals surface area contributed by atoms with Crippen molar-refractivity contribution in [3.05, 3.63) is 35.9 Å². The second-order valence-corrected chi connectivity index (χ2v) is 3.96. The van der Waals surface area contributed by atoms with Gasteiger partial charge in [-0.25, -0.2) is 14.6 Å². The Hall–Kier alpha value is -3.10. The van der Waals surface area contributed by atoms with Crippen LogP contribution in [0.25, 0.3) is 0 Å². The fourth-order valence-corrected chi connectivity index (χ4v) is 1.59. The molecule has 0 atom stereocenters. The number of hydrogen-bond acceptors (Lipinski definition) is 5. The fraction of sp³-hybridized carbons (Fsp3) is 0.167. The summed E-state index contributed by atoms with van der Waals surface area (Å²) in [6.07, 6.45) is 1.32. The standard InChI is InChI=1S/C12H13N5O4/c1-21-7-2-3-8(11(18)19)9(4-7)16-12(20)13-5-10-14-6-15-17-10/h2-4,6H,5H2,1H3,(H,18,19)(H2,13,16,20)(H,14,15,17). The average Bonchev–Trinajstić information content (AvgIpc) is 2.98. The molecule has 2 amide bonds. The van der Waals surface area contributed by atoms with Crippen molar-refractivity contribution in [2.45, 2.75) is 6.54 Å². The lowest BCUT2D eigenvalue weighted by atomic mass is 10.1. The van der Waals surface area contributed by atoms with Gasteiger partial charge in [0.25, 0.3) is 0 Å². The quantitative estimate of drug-likeness (QED) is 0.645. The van der Waals surface area contributed by atoms with Gasteiger partial charge in [0.05, 0.1) is 24.9 Å². The summed E-state index contributed by atoms with van der Waals surface area (Å²) in [7, 11) is 1.45. The number of urea groups is 1. The van der Waals surface area contributed by atoms with Gasteiger partial charge in [-0.1, -0.05) is 0 Å². The van der Waals surface area contributed by atoms with Crippen LogP contribution in [0.5, 0.6) is 5.75 Å². The maximum Gasteiger partial charge on any atom is 0.337 e. The molecule has 1 aromatic carbocycles. The zero-order valence-corrected chi connectivity index (χ0v) is 11.1. The molecule has 9 heteroatoms. The summed E-state index contributed by atoms with van der Waals surface area (Å²) in [5, 5.41) is 20.3. The van der Waals surface area contributed by atoms with Gasteiger partial charge in [-0.05, 0) is 12.1 Å². The number of ether oxygens (including phenoxy) is 1. The molecule has 1 aromatic heterocycles. The van der Waals surface area contributed by atoms with E-state index < -0.39 is 12.0 Å². The summed E-state index contributed by atoms with van der Waals surface area (Å²) in [4.78, 5) is 26.7. The van der Waals surface area contributed by atoms with Crippen LogP contribution in [0.3, 0.4) is 0 Å². The second kappa shape index (κ2) is 6.37. The maximum atomic E-state index is 11.8. The van der Waals surface area contributed by atoms with Crippen LogP contribution in [0.4, 0.5) is 10.5 Å². The number of anilines is 1. The lowest BCUT2D eigenvalue weighted by Gasteiger charge is -2.10. The number of H-pyrrole nitrogens is 1. The van der Waals surface area contributed by atoms with E-state index in [-0.39, 0.29) is 17.8 Å². The normalized spacial score (nSPS) is 9.95. The molecule has 4 N–H and O–H groups in total. The number of benzene rings is 1. The number of hydrogen-bond donors (Lipinski definition) is 4. The molecule has 0 saturated heterocycles. The van der Waals surface area contributed by atoms with E-state index in [9.17, 15) is 9.59 Å². The molecule has 1 heterocycles. The van der Waals surface area contributed by atoms with Gasteiger partial charge < -0.3 is 20.5 Å². The highest BCUT2D eigenvalue weighted by atomic mass is 16.5. The van der Waals surface area contributed by atoms with E-state index >= 15 is 0 Å². The van der Waals surface area contributed by atoms with Crippen molar-refractivity contribution < 1.29 is 19.4 Å². The Morgan fingerprint density at radius 1 is 1.43 bits per heavy atom. The molecule has 0 aliphatic carbocycles. The minimum atomic E-state index is -1.15. The first-order valence-corrected chi connectivity index (χ1v) is 5.90. The van der Waals surface area contributed by atoms with Crippen LogP contribution in [0.2, 0.25) is 0 Å². The molecule has 2 rings (SSSR count). The minimum absolute atomic E-state index is 0.0365. The third-order valence-electron chi connectivity index (χ3n) is 2.59. The summed E-state index contributed by atoms with van der Waals surface area (Å²) in [6, 6.07) is 3.72. The van der Waals surface area contributed by atoms with E-state index in [1.165, 1.54) is 31.6 Å². The molecule has 110 valence electrons. The fourth-order valence-electron chi connectivity index (χ4n) is 1.59. The Morgan fingerprint density at radius 3 is 2.86 bits per heavy atom. The van der Waals surface area contributed by atoms with Crippen molar-refractivity contribution in [3.8, 4) is 5.75 Å². The molecule has 0 bridgehead atoms. The molecule has 21 heavy (non-hydrogen) atoms. The van der Waals surface area contributed by atoms with Crippen LogP contribution in [0.15, 0.2) is 24.5 Å². The molecule has 0 aliphatic rings. The number of carbonyl (C=O) groups is 2. The molecule has 0 radical (unpaired) electrons. The predicted molar refractivity (Wildman–Crippen MR) is 72.2 cm³/mol. The van der Waals surface area contributed by atoms with Crippen molar-refractivity contribution in [1.29, 1.82) is 0 Å². The van der Waals surface area contributed by atoms with Gasteiger partial charge in [0.15, 0.2) is 0 Å². The molecule has 0 saturated carbocycles. The highest BCUT2D eigenvalue weighted by molar-refractivity contribution is 6.00. The van der Waals surface area contributed by atoms with Crippen LogP contribution >= 0.6 is 0 Å².